The van der Waals surface area contributed by atoms with E-state index in [2.05, 4.69) is 219 Å². The van der Waals surface area contributed by atoms with E-state index in [9.17, 15) is 0 Å². The summed E-state index contributed by atoms with van der Waals surface area (Å²) in [6, 6.07) is 73.8. The summed E-state index contributed by atoms with van der Waals surface area (Å²) < 4.78 is 2.65. The maximum atomic E-state index is 2.41. The SMILES string of the molecule is CC1(C)c2ccccc2-c2ccc(-c3ccc(N(c4ccc(-c5cccc6ccccc56)cc4)c4ccc(-c5cccc6sc7ccccc7c56)cc4)cc3)cc21. The van der Waals surface area contributed by atoms with Crippen LogP contribution in [-0.2, 0) is 5.41 Å². The zero-order valence-corrected chi connectivity index (χ0v) is 32.7. The highest BCUT2D eigenvalue weighted by molar-refractivity contribution is 7.25. The van der Waals surface area contributed by atoms with E-state index in [0.29, 0.717) is 0 Å². The third kappa shape index (κ3) is 5.51. The molecule has 0 saturated carbocycles. The van der Waals surface area contributed by atoms with E-state index in [1.54, 1.807) is 0 Å². The van der Waals surface area contributed by atoms with Crippen molar-refractivity contribution in [2.45, 2.75) is 19.3 Å². The van der Waals surface area contributed by atoms with Crippen molar-refractivity contribution in [3.05, 3.63) is 211 Å². The van der Waals surface area contributed by atoms with Crippen molar-refractivity contribution in [2.75, 3.05) is 4.90 Å². The Kier molecular flexibility index (Phi) is 7.77. The lowest BCUT2D eigenvalue weighted by molar-refractivity contribution is 0.660. The molecule has 0 radical (unpaired) electrons. The molecule has 1 heterocycles. The predicted molar refractivity (Wildman–Crippen MR) is 245 cm³/mol. The van der Waals surface area contributed by atoms with E-state index in [1.165, 1.54) is 86.6 Å². The van der Waals surface area contributed by atoms with Gasteiger partial charge in [0.1, 0.15) is 0 Å². The molecule has 10 aromatic rings. The predicted octanol–water partition coefficient (Wildman–Crippen LogP) is 16.0. The van der Waals surface area contributed by atoms with Gasteiger partial charge < -0.3 is 4.90 Å². The lowest BCUT2D eigenvalue weighted by Crippen LogP contribution is -2.14. The van der Waals surface area contributed by atoms with Crippen molar-refractivity contribution < 1.29 is 0 Å². The Hall–Kier alpha value is -6.74. The minimum atomic E-state index is -0.0366. The minimum Gasteiger partial charge on any atom is -0.311 e. The molecule has 1 aliphatic carbocycles. The Morgan fingerprint density at radius 3 is 1.63 bits per heavy atom. The van der Waals surface area contributed by atoms with Crippen LogP contribution < -0.4 is 4.90 Å². The van der Waals surface area contributed by atoms with Gasteiger partial charge in [0.05, 0.1) is 0 Å². The number of nitrogens with zero attached hydrogens (tertiary/aromatic N) is 1. The van der Waals surface area contributed by atoms with E-state index in [1.807, 2.05) is 11.3 Å². The molecule has 0 saturated heterocycles. The van der Waals surface area contributed by atoms with E-state index in [4.69, 9.17) is 0 Å². The molecule has 0 atom stereocenters. The van der Waals surface area contributed by atoms with Crippen LogP contribution in [0.25, 0.3) is 75.5 Å². The zero-order valence-electron chi connectivity index (χ0n) is 31.9. The summed E-state index contributed by atoms with van der Waals surface area (Å²) in [6.45, 7) is 4.70. The molecule has 0 fully saturated rings. The van der Waals surface area contributed by atoms with Gasteiger partial charge in [0.2, 0.25) is 0 Å². The van der Waals surface area contributed by atoms with Gasteiger partial charge >= 0.3 is 0 Å². The summed E-state index contributed by atoms with van der Waals surface area (Å²) in [5.74, 6) is 0. The largest absolute Gasteiger partial charge is 0.311 e. The zero-order chi connectivity index (χ0) is 38.1. The Morgan fingerprint density at radius 1 is 0.368 bits per heavy atom. The number of thiophene rings is 1. The third-order valence-corrected chi connectivity index (χ3v) is 13.2. The highest BCUT2D eigenvalue weighted by Gasteiger charge is 2.35. The molecule has 270 valence electrons. The molecule has 2 heteroatoms. The van der Waals surface area contributed by atoms with Crippen LogP contribution >= 0.6 is 11.3 Å². The second-order valence-electron chi connectivity index (χ2n) is 15.7. The van der Waals surface area contributed by atoms with Crippen LogP contribution in [-0.4, -0.2) is 0 Å². The molecule has 0 N–H and O–H groups in total. The molecule has 0 amide bonds. The fourth-order valence-electron chi connectivity index (χ4n) is 9.21. The lowest BCUT2D eigenvalue weighted by atomic mass is 9.81. The first-order chi connectivity index (χ1) is 28.0. The first-order valence-electron chi connectivity index (χ1n) is 19.8. The lowest BCUT2D eigenvalue weighted by Gasteiger charge is -2.26. The molecule has 11 rings (SSSR count). The monoisotopic (exact) mass is 745 g/mol. The van der Waals surface area contributed by atoms with Crippen molar-refractivity contribution >= 4 is 59.3 Å². The average molecular weight is 746 g/mol. The molecule has 57 heavy (non-hydrogen) atoms. The van der Waals surface area contributed by atoms with Gasteiger partial charge in [-0.25, -0.2) is 0 Å². The van der Waals surface area contributed by atoms with Crippen molar-refractivity contribution in [3.8, 4) is 44.5 Å². The number of benzene rings is 9. The summed E-state index contributed by atoms with van der Waals surface area (Å²) in [4.78, 5) is 2.38. The number of hydrogen-bond acceptors (Lipinski definition) is 2. The molecule has 1 nitrogen and oxygen atoms in total. The van der Waals surface area contributed by atoms with Gasteiger partial charge in [0.25, 0.3) is 0 Å². The van der Waals surface area contributed by atoms with Crippen LogP contribution in [0.2, 0.25) is 0 Å². The van der Waals surface area contributed by atoms with Gasteiger partial charge in [-0.1, -0.05) is 159 Å². The second kappa shape index (κ2) is 13.2. The normalized spacial score (nSPS) is 12.9. The van der Waals surface area contributed by atoms with Crippen molar-refractivity contribution in [1.82, 2.24) is 0 Å². The topological polar surface area (TPSA) is 3.24 Å². The Morgan fingerprint density at radius 2 is 0.877 bits per heavy atom. The standard InChI is InChI=1S/C55H39NS/c1-55(2)50-18-7-5-14-47(50)48-34-27-40(35-51(48)55)36-21-28-41(29-22-36)56(42-30-23-38(24-31-42)45-16-9-12-37-11-3-4-13-44(37)45)43-32-25-39(26-33-43)46-17-10-20-53-54(46)49-15-6-8-19-52(49)57-53/h3-35H,1-2H3. The molecule has 1 aliphatic rings. The molecule has 0 unspecified atom stereocenters. The van der Waals surface area contributed by atoms with Crippen LogP contribution in [0.15, 0.2) is 200 Å². The molecule has 0 spiro atoms. The van der Waals surface area contributed by atoms with Gasteiger partial charge in [-0.3, -0.25) is 0 Å². The summed E-state index contributed by atoms with van der Waals surface area (Å²) in [5.41, 5.74) is 16.2. The van der Waals surface area contributed by atoms with Crippen LogP contribution in [0.5, 0.6) is 0 Å². The smallest absolute Gasteiger partial charge is 0.0462 e. The van der Waals surface area contributed by atoms with E-state index in [0.717, 1.165) is 17.1 Å². The highest BCUT2D eigenvalue weighted by Crippen LogP contribution is 2.50. The number of hydrogen-bond donors (Lipinski definition) is 0. The maximum Gasteiger partial charge on any atom is 0.0462 e. The molecular formula is C55H39NS. The minimum absolute atomic E-state index is 0.0366. The van der Waals surface area contributed by atoms with Gasteiger partial charge in [-0.2, -0.15) is 0 Å². The Bertz CT molecular complexity index is 3130. The first-order valence-corrected chi connectivity index (χ1v) is 20.6. The molecule has 0 aliphatic heterocycles. The summed E-state index contributed by atoms with van der Waals surface area (Å²) in [5, 5.41) is 5.18. The average Bonchev–Trinajstić information content (AvgIpc) is 3.76. The summed E-state index contributed by atoms with van der Waals surface area (Å²) in [6.07, 6.45) is 0. The van der Waals surface area contributed by atoms with Gasteiger partial charge in [-0.05, 0) is 121 Å². The Labute approximate surface area is 337 Å². The van der Waals surface area contributed by atoms with Crippen LogP contribution in [0, 0.1) is 0 Å². The van der Waals surface area contributed by atoms with Gasteiger partial charge in [0.15, 0.2) is 0 Å². The quantitative estimate of drug-likeness (QED) is 0.164. The van der Waals surface area contributed by atoms with Crippen LogP contribution in [0.1, 0.15) is 25.0 Å². The summed E-state index contributed by atoms with van der Waals surface area (Å²) >= 11 is 1.87. The van der Waals surface area contributed by atoms with Crippen LogP contribution in [0.4, 0.5) is 17.1 Å². The van der Waals surface area contributed by atoms with E-state index >= 15 is 0 Å². The molecular weight excluding hydrogens is 707 g/mol. The van der Waals surface area contributed by atoms with Crippen LogP contribution in [0.3, 0.4) is 0 Å². The van der Waals surface area contributed by atoms with Crippen molar-refractivity contribution in [1.29, 1.82) is 0 Å². The van der Waals surface area contributed by atoms with E-state index < -0.39 is 0 Å². The van der Waals surface area contributed by atoms with Gasteiger partial charge in [0, 0.05) is 42.6 Å². The fourth-order valence-corrected chi connectivity index (χ4v) is 10.3. The molecule has 0 bridgehead atoms. The van der Waals surface area contributed by atoms with E-state index in [-0.39, 0.29) is 5.41 Å². The van der Waals surface area contributed by atoms with Crippen molar-refractivity contribution in [3.63, 3.8) is 0 Å². The Balaban J connectivity index is 0.988. The third-order valence-electron chi connectivity index (χ3n) is 12.1. The number of anilines is 3. The molecule has 1 aromatic heterocycles. The fraction of sp³-hybridized carbons (Fsp3) is 0.0545. The molecule has 9 aromatic carbocycles. The van der Waals surface area contributed by atoms with Gasteiger partial charge in [-0.15, -0.1) is 11.3 Å². The number of rotatable bonds is 6. The highest BCUT2D eigenvalue weighted by atomic mass is 32.1. The second-order valence-corrected chi connectivity index (χ2v) is 16.8. The maximum absolute atomic E-state index is 2.41. The number of fused-ring (bicyclic) bond motifs is 7. The first kappa shape index (κ1) is 33.6. The van der Waals surface area contributed by atoms with Crippen molar-refractivity contribution in [2.24, 2.45) is 0 Å². The summed E-state index contributed by atoms with van der Waals surface area (Å²) in [7, 11) is 0.